The smallest absolute Gasteiger partial charge is 0.251 e. The van der Waals surface area contributed by atoms with Gasteiger partial charge < -0.3 is 10.1 Å². The lowest BCUT2D eigenvalue weighted by Crippen LogP contribution is -2.31. The van der Waals surface area contributed by atoms with Crippen molar-refractivity contribution in [2.75, 3.05) is 19.4 Å². The molecule has 158 valence electrons. The van der Waals surface area contributed by atoms with Crippen molar-refractivity contribution in [3.05, 3.63) is 53.8 Å². The molecule has 0 bridgehead atoms. The number of hydrogen-bond acceptors (Lipinski definition) is 5. The van der Waals surface area contributed by atoms with Gasteiger partial charge in [-0.15, -0.1) is 11.8 Å². The van der Waals surface area contributed by atoms with E-state index in [1.807, 2.05) is 0 Å². The fourth-order valence-electron chi connectivity index (χ4n) is 2.50. The van der Waals surface area contributed by atoms with E-state index in [1.165, 1.54) is 37.4 Å². The Hall–Kier alpha value is -2.10. The van der Waals surface area contributed by atoms with E-state index in [-0.39, 0.29) is 34.0 Å². The Kier molecular flexibility index (Phi) is 8.48. The molecule has 6 nitrogen and oxygen atoms in total. The van der Waals surface area contributed by atoms with Crippen molar-refractivity contribution in [3.63, 3.8) is 0 Å². The van der Waals surface area contributed by atoms with Crippen LogP contribution < -0.4 is 14.8 Å². The summed E-state index contributed by atoms with van der Waals surface area (Å²) in [5.74, 6) is 0.295. The van der Waals surface area contributed by atoms with E-state index in [2.05, 4.69) is 10.0 Å². The number of nitrogens with one attached hydrogen (secondary N) is 2. The average Bonchev–Trinajstić information content (AvgIpc) is 2.67. The number of carbonyl (C=O) groups is 1. The van der Waals surface area contributed by atoms with Crippen LogP contribution in [0.4, 0.5) is 4.39 Å². The first-order valence-corrected chi connectivity index (χ1v) is 11.6. The molecule has 29 heavy (non-hydrogen) atoms. The van der Waals surface area contributed by atoms with Crippen LogP contribution in [-0.4, -0.2) is 39.8 Å². The fraction of sp³-hybridized carbons (Fsp3) is 0.350. The molecule has 2 aromatic carbocycles. The maximum absolute atomic E-state index is 12.9. The minimum Gasteiger partial charge on any atom is -0.495 e. The largest absolute Gasteiger partial charge is 0.495 e. The summed E-state index contributed by atoms with van der Waals surface area (Å²) in [7, 11) is -2.43. The molecule has 1 amide bonds. The molecule has 0 aliphatic carbocycles. The van der Waals surface area contributed by atoms with Crippen LogP contribution in [0, 0.1) is 5.82 Å². The van der Waals surface area contributed by atoms with Gasteiger partial charge in [-0.05, 0) is 68.5 Å². The molecule has 9 heteroatoms. The molecule has 0 aliphatic heterocycles. The van der Waals surface area contributed by atoms with Gasteiger partial charge in [0.15, 0.2) is 0 Å². The lowest BCUT2D eigenvalue weighted by atomic mass is 10.2. The number of rotatable bonds is 10. The number of benzene rings is 2. The second-order valence-corrected chi connectivity index (χ2v) is 9.40. The Labute approximate surface area is 175 Å². The minimum atomic E-state index is -3.81. The van der Waals surface area contributed by atoms with Gasteiger partial charge in [-0.1, -0.05) is 0 Å². The molecule has 0 spiro atoms. The van der Waals surface area contributed by atoms with Gasteiger partial charge in [0.05, 0.1) is 7.11 Å². The molecular weight excluding hydrogens is 415 g/mol. The van der Waals surface area contributed by atoms with Crippen molar-refractivity contribution in [1.29, 1.82) is 0 Å². The maximum atomic E-state index is 12.9. The number of sulfonamides is 1. The van der Waals surface area contributed by atoms with Gasteiger partial charge >= 0.3 is 0 Å². The molecule has 2 aromatic rings. The lowest BCUT2D eigenvalue weighted by Gasteiger charge is -2.14. The summed E-state index contributed by atoms with van der Waals surface area (Å²) in [5, 5.41) is 2.78. The Bertz CT molecular complexity index is 932. The zero-order valence-corrected chi connectivity index (χ0v) is 18.2. The number of ether oxygens (including phenoxy) is 1. The summed E-state index contributed by atoms with van der Waals surface area (Å²) in [5.41, 5.74) is 0.237. The number of thioether (sulfide) groups is 1. The maximum Gasteiger partial charge on any atom is 0.251 e. The van der Waals surface area contributed by atoms with Crippen molar-refractivity contribution in [3.8, 4) is 5.75 Å². The summed E-state index contributed by atoms with van der Waals surface area (Å²) < 4.78 is 45.5. The van der Waals surface area contributed by atoms with E-state index in [4.69, 9.17) is 4.74 Å². The average molecular weight is 441 g/mol. The predicted molar refractivity (Wildman–Crippen MR) is 113 cm³/mol. The molecular formula is C20H25FN2O4S2. The molecule has 0 aliphatic rings. The molecule has 0 fully saturated rings. The van der Waals surface area contributed by atoms with Crippen LogP contribution in [-0.2, 0) is 10.0 Å². The van der Waals surface area contributed by atoms with Crippen molar-refractivity contribution in [2.45, 2.75) is 36.1 Å². The van der Waals surface area contributed by atoms with E-state index < -0.39 is 10.0 Å². The van der Waals surface area contributed by atoms with E-state index in [9.17, 15) is 17.6 Å². The zero-order chi connectivity index (χ0) is 21.4. The van der Waals surface area contributed by atoms with Crippen molar-refractivity contribution >= 4 is 27.7 Å². The highest BCUT2D eigenvalue weighted by atomic mass is 32.2. The first kappa shape index (κ1) is 23.2. The van der Waals surface area contributed by atoms with Gasteiger partial charge in [0.1, 0.15) is 16.5 Å². The van der Waals surface area contributed by atoms with E-state index in [0.29, 0.717) is 13.0 Å². The van der Waals surface area contributed by atoms with Crippen LogP contribution in [0.25, 0.3) is 0 Å². The van der Waals surface area contributed by atoms with Gasteiger partial charge in [0, 0.05) is 23.0 Å². The normalized spacial score (nSPS) is 11.5. The summed E-state index contributed by atoms with van der Waals surface area (Å²) in [6.45, 7) is 3.86. The molecule has 0 heterocycles. The summed E-state index contributed by atoms with van der Waals surface area (Å²) in [4.78, 5) is 13.3. The topological polar surface area (TPSA) is 84.5 Å². The lowest BCUT2D eigenvalue weighted by molar-refractivity contribution is 0.0953. The predicted octanol–water partition coefficient (Wildman–Crippen LogP) is 3.43. The van der Waals surface area contributed by atoms with Crippen LogP contribution in [0.5, 0.6) is 5.75 Å². The number of hydrogen-bond donors (Lipinski definition) is 2. The summed E-state index contributed by atoms with van der Waals surface area (Å²) >= 11 is 1.57. The molecule has 0 unspecified atom stereocenters. The standard InChI is InChI=1S/C20H25FN2O4S2/c1-14(2)23-29(25,26)19-13-15(5-10-18(19)27-3)20(24)22-11-4-12-28-17-8-6-16(21)7-9-17/h5-10,13-14,23H,4,11-12H2,1-3H3,(H,22,24). The first-order chi connectivity index (χ1) is 13.7. The fourth-order valence-corrected chi connectivity index (χ4v) is 4.80. The molecule has 0 saturated carbocycles. The first-order valence-electron chi connectivity index (χ1n) is 9.10. The third kappa shape index (κ3) is 7.02. The van der Waals surface area contributed by atoms with Crippen LogP contribution in [0.1, 0.15) is 30.6 Å². The Morgan fingerprint density at radius 3 is 2.48 bits per heavy atom. The van der Waals surface area contributed by atoms with Gasteiger partial charge in [-0.25, -0.2) is 17.5 Å². The number of carbonyl (C=O) groups excluding carboxylic acids is 1. The van der Waals surface area contributed by atoms with E-state index >= 15 is 0 Å². The third-order valence-corrected chi connectivity index (χ3v) is 6.57. The second kappa shape index (κ2) is 10.6. The van der Waals surface area contributed by atoms with Crippen molar-refractivity contribution in [1.82, 2.24) is 10.0 Å². The van der Waals surface area contributed by atoms with Gasteiger partial charge in [-0.2, -0.15) is 0 Å². The Morgan fingerprint density at radius 1 is 1.17 bits per heavy atom. The molecule has 0 atom stereocenters. The second-order valence-electron chi connectivity index (χ2n) is 6.55. The highest BCUT2D eigenvalue weighted by Gasteiger charge is 2.22. The molecule has 0 radical (unpaired) electrons. The van der Waals surface area contributed by atoms with Crippen LogP contribution in [0.2, 0.25) is 0 Å². The molecule has 2 N–H and O–H groups in total. The monoisotopic (exact) mass is 440 g/mol. The van der Waals surface area contributed by atoms with Crippen LogP contribution >= 0.6 is 11.8 Å². The SMILES string of the molecule is COc1ccc(C(=O)NCCCSc2ccc(F)cc2)cc1S(=O)(=O)NC(C)C. The number of amides is 1. The Balaban J connectivity index is 1.94. The Morgan fingerprint density at radius 2 is 1.86 bits per heavy atom. The number of halogens is 1. The van der Waals surface area contributed by atoms with Crippen LogP contribution in [0.15, 0.2) is 52.3 Å². The molecule has 0 aromatic heterocycles. The van der Waals surface area contributed by atoms with Gasteiger partial charge in [0.25, 0.3) is 5.91 Å². The summed E-state index contributed by atoms with van der Waals surface area (Å²) in [6.07, 6.45) is 0.712. The van der Waals surface area contributed by atoms with Crippen molar-refractivity contribution < 1.29 is 22.3 Å². The zero-order valence-electron chi connectivity index (χ0n) is 16.6. The van der Waals surface area contributed by atoms with E-state index in [1.54, 1.807) is 37.7 Å². The minimum absolute atomic E-state index is 0.0757. The van der Waals surface area contributed by atoms with Gasteiger partial charge in [0.2, 0.25) is 10.0 Å². The van der Waals surface area contributed by atoms with E-state index in [0.717, 1.165) is 10.6 Å². The number of methoxy groups -OCH3 is 1. The molecule has 0 saturated heterocycles. The quantitative estimate of drug-likeness (QED) is 0.437. The van der Waals surface area contributed by atoms with Crippen molar-refractivity contribution in [2.24, 2.45) is 0 Å². The highest BCUT2D eigenvalue weighted by molar-refractivity contribution is 7.99. The summed E-state index contributed by atoms with van der Waals surface area (Å²) in [6, 6.07) is 10.3. The molecule has 2 rings (SSSR count). The van der Waals surface area contributed by atoms with Gasteiger partial charge in [-0.3, -0.25) is 4.79 Å². The van der Waals surface area contributed by atoms with Crippen LogP contribution in [0.3, 0.4) is 0 Å². The third-order valence-electron chi connectivity index (χ3n) is 3.80. The highest BCUT2D eigenvalue weighted by Crippen LogP contribution is 2.25.